The van der Waals surface area contributed by atoms with E-state index in [1.165, 1.54) is 0 Å². The lowest BCUT2D eigenvalue weighted by Crippen LogP contribution is -2.41. The van der Waals surface area contributed by atoms with E-state index in [9.17, 15) is 10.2 Å². The van der Waals surface area contributed by atoms with Gasteiger partial charge in [0.05, 0.1) is 11.7 Å². The maximum Gasteiger partial charge on any atom is 0.0768 e. The second kappa shape index (κ2) is 5.28. The minimum absolute atomic E-state index is 0.216. The normalized spacial score (nSPS) is 25.8. The van der Waals surface area contributed by atoms with Crippen LogP contribution >= 0.6 is 0 Å². The summed E-state index contributed by atoms with van der Waals surface area (Å²) in [6.07, 6.45) is 2.45. The second-order valence-electron chi connectivity index (χ2n) is 4.96. The monoisotopic (exact) mass is 215 g/mol. The highest BCUT2D eigenvalue weighted by atomic mass is 16.3. The standard InChI is InChI=1S/C12H25NO2/c1-4-12(15,5-2)9-13-7-6-11(8-13)10(3)14/h10-11,14-15H,4-9H2,1-3H3. The Hall–Kier alpha value is -0.120. The van der Waals surface area contributed by atoms with Gasteiger partial charge in [-0.05, 0) is 38.6 Å². The molecule has 0 spiro atoms. The number of hydrogen-bond donors (Lipinski definition) is 2. The molecule has 0 aromatic rings. The Morgan fingerprint density at radius 3 is 2.40 bits per heavy atom. The van der Waals surface area contributed by atoms with E-state index in [-0.39, 0.29) is 6.10 Å². The van der Waals surface area contributed by atoms with Crippen LogP contribution < -0.4 is 0 Å². The molecule has 0 aromatic heterocycles. The number of rotatable bonds is 5. The zero-order valence-corrected chi connectivity index (χ0v) is 10.2. The quantitative estimate of drug-likeness (QED) is 0.725. The molecule has 0 aliphatic carbocycles. The van der Waals surface area contributed by atoms with E-state index in [2.05, 4.69) is 4.90 Å². The molecule has 0 amide bonds. The first kappa shape index (κ1) is 12.9. The number of likely N-dealkylation sites (tertiary alicyclic amines) is 1. The first-order valence-electron chi connectivity index (χ1n) is 6.13. The van der Waals surface area contributed by atoms with E-state index in [1.807, 2.05) is 20.8 Å². The van der Waals surface area contributed by atoms with Crippen LogP contribution in [0.2, 0.25) is 0 Å². The summed E-state index contributed by atoms with van der Waals surface area (Å²) >= 11 is 0. The van der Waals surface area contributed by atoms with Crippen molar-refractivity contribution in [1.82, 2.24) is 4.90 Å². The molecule has 15 heavy (non-hydrogen) atoms. The average Bonchev–Trinajstić information content (AvgIpc) is 2.66. The van der Waals surface area contributed by atoms with Crippen LogP contribution in [0.25, 0.3) is 0 Å². The molecule has 90 valence electrons. The van der Waals surface area contributed by atoms with E-state index in [1.54, 1.807) is 0 Å². The number of nitrogens with zero attached hydrogens (tertiary/aromatic N) is 1. The van der Waals surface area contributed by atoms with Gasteiger partial charge < -0.3 is 15.1 Å². The minimum Gasteiger partial charge on any atom is -0.393 e. The van der Waals surface area contributed by atoms with Crippen LogP contribution in [-0.2, 0) is 0 Å². The van der Waals surface area contributed by atoms with Gasteiger partial charge in [0, 0.05) is 13.1 Å². The lowest BCUT2D eigenvalue weighted by molar-refractivity contribution is -0.000114. The van der Waals surface area contributed by atoms with Crippen molar-refractivity contribution in [3.05, 3.63) is 0 Å². The Kier molecular flexibility index (Phi) is 4.56. The fourth-order valence-corrected chi connectivity index (χ4v) is 2.29. The summed E-state index contributed by atoms with van der Waals surface area (Å²) in [4.78, 5) is 2.28. The van der Waals surface area contributed by atoms with Crippen LogP contribution in [0.15, 0.2) is 0 Å². The SMILES string of the molecule is CCC(O)(CC)CN1CCC(C(C)O)C1. The van der Waals surface area contributed by atoms with E-state index in [0.29, 0.717) is 5.92 Å². The third kappa shape index (κ3) is 3.44. The summed E-state index contributed by atoms with van der Waals surface area (Å²) < 4.78 is 0. The molecule has 1 rings (SSSR count). The van der Waals surface area contributed by atoms with Crippen LogP contribution in [0.5, 0.6) is 0 Å². The highest BCUT2D eigenvalue weighted by Crippen LogP contribution is 2.24. The Morgan fingerprint density at radius 1 is 1.40 bits per heavy atom. The maximum atomic E-state index is 10.2. The van der Waals surface area contributed by atoms with Gasteiger partial charge in [-0.2, -0.15) is 0 Å². The lowest BCUT2D eigenvalue weighted by Gasteiger charge is -2.30. The van der Waals surface area contributed by atoms with Gasteiger partial charge >= 0.3 is 0 Å². The molecule has 0 bridgehead atoms. The summed E-state index contributed by atoms with van der Waals surface area (Å²) in [5, 5.41) is 19.7. The van der Waals surface area contributed by atoms with Crippen LogP contribution in [0.4, 0.5) is 0 Å². The topological polar surface area (TPSA) is 43.7 Å². The van der Waals surface area contributed by atoms with Gasteiger partial charge in [0.1, 0.15) is 0 Å². The molecule has 2 unspecified atom stereocenters. The smallest absolute Gasteiger partial charge is 0.0768 e. The van der Waals surface area contributed by atoms with Gasteiger partial charge in [-0.1, -0.05) is 13.8 Å². The van der Waals surface area contributed by atoms with Crippen molar-refractivity contribution in [3.63, 3.8) is 0 Å². The highest BCUT2D eigenvalue weighted by molar-refractivity contribution is 4.85. The molecular weight excluding hydrogens is 190 g/mol. The summed E-state index contributed by atoms with van der Waals surface area (Å²) in [6, 6.07) is 0. The third-order valence-electron chi connectivity index (χ3n) is 3.83. The van der Waals surface area contributed by atoms with Crippen LogP contribution in [0, 0.1) is 5.92 Å². The second-order valence-corrected chi connectivity index (χ2v) is 4.96. The molecule has 1 fully saturated rings. The summed E-state index contributed by atoms with van der Waals surface area (Å²) in [5.41, 5.74) is -0.534. The number of hydrogen-bond acceptors (Lipinski definition) is 3. The van der Waals surface area contributed by atoms with Gasteiger partial charge in [-0.25, -0.2) is 0 Å². The van der Waals surface area contributed by atoms with E-state index in [4.69, 9.17) is 0 Å². The number of aliphatic hydroxyl groups excluding tert-OH is 1. The van der Waals surface area contributed by atoms with Crippen molar-refractivity contribution in [1.29, 1.82) is 0 Å². The molecule has 1 aliphatic heterocycles. The van der Waals surface area contributed by atoms with E-state index >= 15 is 0 Å². The van der Waals surface area contributed by atoms with E-state index < -0.39 is 5.60 Å². The lowest BCUT2D eigenvalue weighted by atomic mass is 9.97. The molecule has 1 saturated heterocycles. The Bertz CT molecular complexity index is 190. The van der Waals surface area contributed by atoms with Crippen molar-refractivity contribution in [2.24, 2.45) is 5.92 Å². The van der Waals surface area contributed by atoms with Crippen molar-refractivity contribution < 1.29 is 10.2 Å². The zero-order valence-electron chi connectivity index (χ0n) is 10.2. The van der Waals surface area contributed by atoms with E-state index in [0.717, 1.165) is 38.9 Å². The maximum absolute atomic E-state index is 10.2. The predicted octanol–water partition coefficient (Wildman–Crippen LogP) is 1.24. The highest BCUT2D eigenvalue weighted by Gasteiger charge is 2.31. The molecule has 0 saturated carbocycles. The molecule has 1 aliphatic rings. The number of aliphatic hydroxyl groups is 2. The predicted molar refractivity (Wildman–Crippen MR) is 61.8 cm³/mol. The van der Waals surface area contributed by atoms with Crippen molar-refractivity contribution >= 4 is 0 Å². The number of β-amino-alcohol motifs (C(OH)–C–C–N with tert-alkyl or cyclic N) is 1. The molecule has 0 radical (unpaired) electrons. The summed E-state index contributed by atoms with van der Waals surface area (Å²) in [5.74, 6) is 0.392. The average molecular weight is 215 g/mol. The Balaban J connectivity index is 2.41. The Labute approximate surface area is 93.1 Å². The third-order valence-corrected chi connectivity index (χ3v) is 3.83. The first-order valence-corrected chi connectivity index (χ1v) is 6.13. The fourth-order valence-electron chi connectivity index (χ4n) is 2.29. The molecule has 3 heteroatoms. The van der Waals surface area contributed by atoms with Crippen molar-refractivity contribution in [3.8, 4) is 0 Å². The van der Waals surface area contributed by atoms with Crippen LogP contribution in [0.1, 0.15) is 40.0 Å². The first-order chi connectivity index (χ1) is 7.00. The van der Waals surface area contributed by atoms with Crippen LogP contribution in [0.3, 0.4) is 0 Å². The van der Waals surface area contributed by atoms with Crippen LogP contribution in [-0.4, -0.2) is 46.5 Å². The molecule has 3 nitrogen and oxygen atoms in total. The van der Waals surface area contributed by atoms with Gasteiger partial charge in [0.15, 0.2) is 0 Å². The van der Waals surface area contributed by atoms with Gasteiger partial charge in [0.2, 0.25) is 0 Å². The zero-order chi connectivity index (χ0) is 11.5. The van der Waals surface area contributed by atoms with Crippen molar-refractivity contribution in [2.75, 3.05) is 19.6 Å². The van der Waals surface area contributed by atoms with Gasteiger partial charge in [0.25, 0.3) is 0 Å². The molecule has 0 aromatic carbocycles. The van der Waals surface area contributed by atoms with Gasteiger partial charge in [-0.15, -0.1) is 0 Å². The fraction of sp³-hybridized carbons (Fsp3) is 1.00. The largest absolute Gasteiger partial charge is 0.393 e. The van der Waals surface area contributed by atoms with Gasteiger partial charge in [-0.3, -0.25) is 0 Å². The Morgan fingerprint density at radius 2 is 2.00 bits per heavy atom. The molecular formula is C12H25NO2. The summed E-state index contributed by atoms with van der Waals surface area (Å²) in [7, 11) is 0. The van der Waals surface area contributed by atoms with Crippen molar-refractivity contribution in [2.45, 2.75) is 51.7 Å². The minimum atomic E-state index is -0.534. The molecule has 2 atom stereocenters. The summed E-state index contributed by atoms with van der Waals surface area (Å²) in [6.45, 7) is 8.62. The molecule has 2 N–H and O–H groups in total. The molecule has 1 heterocycles.